The van der Waals surface area contributed by atoms with Gasteiger partial charge in [-0.1, -0.05) is 39.0 Å². The van der Waals surface area contributed by atoms with Gasteiger partial charge in [-0.3, -0.25) is 0 Å². The molecule has 0 saturated carbocycles. The van der Waals surface area contributed by atoms with Crippen LogP contribution in [-0.2, 0) is 5.41 Å². The normalized spacial score (nSPS) is 11.2. The largest absolute Gasteiger partial charge is 0.478 e. The zero-order valence-corrected chi connectivity index (χ0v) is 13.8. The number of carboxylic acid groups (broad SMARTS) is 1. The van der Waals surface area contributed by atoms with E-state index in [1.54, 1.807) is 18.2 Å². The zero-order chi connectivity index (χ0) is 15.6. The summed E-state index contributed by atoms with van der Waals surface area (Å²) in [6.07, 6.45) is 0. The van der Waals surface area contributed by atoms with Crippen LogP contribution in [0.25, 0.3) is 0 Å². The van der Waals surface area contributed by atoms with Gasteiger partial charge in [-0.05, 0) is 51.2 Å². The molecule has 21 heavy (non-hydrogen) atoms. The maximum Gasteiger partial charge on any atom is 0.340 e. The van der Waals surface area contributed by atoms with Gasteiger partial charge >= 0.3 is 5.97 Å². The predicted molar refractivity (Wildman–Crippen MR) is 86.3 cm³/mol. The Balaban J connectivity index is 2.31. The van der Waals surface area contributed by atoms with E-state index in [4.69, 9.17) is 4.74 Å². The van der Waals surface area contributed by atoms with Crippen molar-refractivity contribution in [1.29, 1.82) is 0 Å². The second-order valence-electron chi connectivity index (χ2n) is 5.79. The van der Waals surface area contributed by atoms with Crippen molar-refractivity contribution in [3.63, 3.8) is 0 Å². The van der Waals surface area contributed by atoms with E-state index in [1.165, 1.54) is 5.56 Å². The number of rotatable bonds is 3. The molecule has 110 valence electrons. The molecule has 0 spiro atoms. The van der Waals surface area contributed by atoms with Crippen LogP contribution in [0.1, 0.15) is 36.7 Å². The van der Waals surface area contributed by atoms with Gasteiger partial charge in [-0.2, -0.15) is 0 Å². The van der Waals surface area contributed by atoms with Gasteiger partial charge in [0.25, 0.3) is 0 Å². The first kappa shape index (κ1) is 15.6. The molecule has 3 nitrogen and oxygen atoms in total. The van der Waals surface area contributed by atoms with Gasteiger partial charge in [-0.25, -0.2) is 4.79 Å². The maximum absolute atomic E-state index is 11.3. The van der Waals surface area contributed by atoms with Crippen molar-refractivity contribution in [1.82, 2.24) is 0 Å². The fourth-order valence-electron chi connectivity index (χ4n) is 1.95. The average molecular weight is 349 g/mol. The summed E-state index contributed by atoms with van der Waals surface area (Å²) in [6.45, 7) is 6.42. The number of hydrogen-bond acceptors (Lipinski definition) is 2. The summed E-state index contributed by atoms with van der Waals surface area (Å²) in [5.41, 5.74) is 1.39. The number of carbonyl (C=O) groups is 1. The van der Waals surface area contributed by atoms with Crippen molar-refractivity contribution in [2.45, 2.75) is 26.2 Å². The Bertz CT molecular complexity index is 655. The van der Waals surface area contributed by atoms with Crippen LogP contribution in [0.15, 0.2) is 46.9 Å². The molecule has 2 rings (SSSR count). The molecule has 0 aliphatic heterocycles. The quantitative estimate of drug-likeness (QED) is 0.825. The van der Waals surface area contributed by atoms with Crippen LogP contribution in [0.3, 0.4) is 0 Å². The van der Waals surface area contributed by atoms with E-state index < -0.39 is 5.97 Å². The third-order valence-electron chi connectivity index (χ3n) is 3.14. The van der Waals surface area contributed by atoms with Crippen molar-refractivity contribution < 1.29 is 14.6 Å². The average Bonchev–Trinajstić information content (AvgIpc) is 2.38. The highest BCUT2D eigenvalue weighted by molar-refractivity contribution is 9.10. The van der Waals surface area contributed by atoms with Crippen LogP contribution in [-0.4, -0.2) is 11.1 Å². The SMILES string of the molecule is CC(C)(C)c1ccc(Oc2cccc(Br)c2C(=O)O)cc1. The number of carboxylic acids is 1. The van der Waals surface area contributed by atoms with Gasteiger partial charge < -0.3 is 9.84 Å². The fourth-order valence-corrected chi connectivity index (χ4v) is 2.46. The van der Waals surface area contributed by atoms with E-state index in [-0.39, 0.29) is 11.0 Å². The lowest BCUT2D eigenvalue weighted by atomic mass is 9.87. The molecule has 0 aliphatic carbocycles. The molecule has 0 heterocycles. The molecule has 0 amide bonds. The summed E-state index contributed by atoms with van der Waals surface area (Å²) in [7, 11) is 0. The van der Waals surface area contributed by atoms with Crippen molar-refractivity contribution in [3.8, 4) is 11.5 Å². The van der Waals surface area contributed by atoms with Crippen LogP contribution in [0, 0.1) is 0 Å². The Labute approximate surface area is 132 Å². The van der Waals surface area contributed by atoms with Crippen LogP contribution in [0.4, 0.5) is 0 Å². The summed E-state index contributed by atoms with van der Waals surface area (Å²) in [6, 6.07) is 12.8. The van der Waals surface area contributed by atoms with E-state index >= 15 is 0 Å². The number of halogens is 1. The highest BCUT2D eigenvalue weighted by atomic mass is 79.9. The molecule has 0 aromatic heterocycles. The van der Waals surface area contributed by atoms with Crippen LogP contribution < -0.4 is 4.74 Å². The molecule has 0 bridgehead atoms. The smallest absolute Gasteiger partial charge is 0.340 e. The lowest BCUT2D eigenvalue weighted by Gasteiger charge is -2.19. The van der Waals surface area contributed by atoms with Gasteiger partial charge in [-0.15, -0.1) is 0 Å². The minimum absolute atomic E-state index is 0.0700. The molecular weight excluding hydrogens is 332 g/mol. The fraction of sp³-hybridized carbons (Fsp3) is 0.235. The van der Waals surface area contributed by atoms with Gasteiger partial charge in [0.05, 0.1) is 0 Å². The van der Waals surface area contributed by atoms with E-state index in [9.17, 15) is 9.90 Å². The van der Waals surface area contributed by atoms with E-state index in [0.29, 0.717) is 16.0 Å². The summed E-state index contributed by atoms with van der Waals surface area (Å²) >= 11 is 3.24. The van der Waals surface area contributed by atoms with Crippen LogP contribution in [0.5, 0.6) is 11.5 Å². The lowest BCUT2D eigenvalue weighted by Crippen LogP contribution is -2.10. The molecule has 4 heteroatoms. The van der Waals surface area contributed by atoms with Gasteiger partial charge in [0.15, 0.2) is 0 Å². The minimum atomic E-state index is -1.02. The van der Waals surface area contributed by atoms with Crippen molar-refractivity contribution in [3.05, 3.63) is 58.1 Å². The summed E-state index contributed by atoms with van der Waals surface area (Å²) < 4.78 is 6.21. The first-order chi connectivity index (χ1) is 9.79. The Morgan fingerprint density at radius 1 is 1.10 bits per heavy atom. The van der Waals surface area contributed by atoms with Crippen molar-refractivity contribution in [2.24, 2.45) is 0 Å². The topological polar surface area (TPSA) is 46.5 Å². The summed E-state index contributed by atoms with van der Waals surface area (Å²) in [4.78, 5) is 11.3. The Hall–Kier alpha value is -1.81. The first-order valence-corrected chi connectivity index (χ1v) is 7.38. The standard InChI is InChI=1S/C17H17BrO3/c1-17(2,3)11-7-9-12(10-8-11)21-14-6-4-5-13(18)15(14)16(19)20/h4-10H,1-3H3,(H,19,20). The van der Waals surface area contributed by atoms with Crippen molar-refractivity contribution in [2.75, 3.05) is 0 Å². The Kier molecular flexibility index (Phi) is 4.37. The third-order valence-corrected chi connectivity index (χ3v) is 3.80. The molecule has 0 atom stereocenters. The molecule has 2 aromatic carbocycles. The first-order valence-electron chi connectivity index (χ1n) is 6.59. The number of aromatic carboxylic acids is 1. The van der Waals surface area contributed by atoms with Crippen LogP contribution >= 0.6 is 15.9 Å². The molecule has 0 aliphatic rings. The molecule has 0 saturated heterocycles. The zero-order valence-electron chi connectivity index (χ0n) is 12.2. The van der Waals surface area contributed by atoms with Gasteiger partial charge in [0, 0.05) is 4.47 Å². The molecule has 1 N–H and O–H groups in total. The van der Waals surface area contributed by atoms with Crippen LogP contribution in [0.2, 0.25) is 0 Å². The summed E-state index contributed by atoms with van der Waals surface area (Å²) in [5, 5.41) is 9.27. The van der Waals surface area contributed by atoms with E-state index in [2.05, 4.69) is 36.7 Å². The molecule has 2 aromatic rings. The van der Waals surface area contributed by atoms with E-state index in [0.717, 1.165) is 0 Å². The third kappa shape index (κ3) is 3.64. The van der Waals surface area contributed by atoms with Gasteiger partial charge in [0.1, 0.15) is 17.1 Å². The highest BCUT2D eigenvalue weighted by Crippen LogP contribution is 2.32. The highest BCUT2D eigenvalue weighted by Gasteiger charge is 2.17. The number of hydrogen-bond donors (Lipinski definition) is 1. The monoisotopic (exact) mass is 348 g/mol. The number of ether oxygens (including phenoxy) is 1. The molecule has 0 unspecified atom stereocenters. The second kappa shape index (κ2) is 5.90. The van der Waals surface area contributed by atoms with Gasteiger partial charge in [0.2, 0.25) is 0 Å². The molecular formula is C17H17BrO3. The Morgan fingerprint density at radius 2 is 1.71 bits per heavy atom. The minimum Gasteiger partial charge on any atom is -0.478 e. The maximum atomic E-state index is 11.3. The predicted octanol–water partition coefficient (Wildman–Crippen LogP) is 5.24. The van der Waals surface area contributed by atoms with E-state index in [1.807, 2.05) is 24.3 Å². The lowest BCUT2D eigenvalue weighted by molar-refractivity contribution is 0.0693. The Morgan fingerprint density at radius 3 is 2.24 bits per heavy atom. The molecule has 0 radical (unpaired) electrons. The summed E-state index contributed by atoms with van der Waals surface area (Å²) in [5.74, 6) is -0.0900. The second-order valence-corrected chi connectivity index (χ2v) is 6.65. The molecule has 0 fully saturated rings. The number of benzene rings is 2. The van der Waals surface area contributed by atoms with Crippen molar-refractivity contribution >= 4 is 21.9 Å².